The van der Waals surface area contributed by atoms with E-state index in [0.29, 0.717) is 22.0 Å². The first-order valence-electron chi connectivity index (χ1n) is 9.37. The van der Waals surface area contributed by atoms with Crippen molar-refractivity contribution in [1.29, 1.82) is 0 Å². The summed E-state index contributed by atoms with van der Waals surface area (Å²) in [5.41, 5.74) is -0.133. The molecule has 0 spiro atoms. The second-order valence-corrected chi connectivity index (χ2v) is 8.27. The van der Waals surface area contributed by atoms with E-state index in [1.807, 2.05) is 0 Å². The fourth-order valence-electron chi connectivity index (χ4n) is 3.71. The standard InChI is InChI=1S/C20H19Cl2F2N3O3/c21-11-7-14(23)18(15(24)8-11)27-5-3-20(29,4-6-27)10-30-16-2-1-13(22)17-12(16)9-25-19(28)26-17/h1-2,7-8,29H,3-6,9-10H2,(H2,25,26,28). The summed E-state index contributed by atoms with van der Waals surface area (Å²) in [7, 11) is 0. The number of piperidine rings is 1. The van der Waals surface area contributed by atoms with Crippen LogP contribution in [0.25, 0.3) is 0 Å². The number of halogens is 4. The van der Waals surface area contributed by atoms with Gasteiger partial charge in [-0.25, -0.2) is 13.6 Å². The van der Waals surface area contributed by atoms with Gasteiger partial charge in [0.2, 0.25) is 0 Å². The number of carbonyl (C=O) groups excluding carboxylic acids is 1. The number of anilines is 2. The molecule has 0 bridgehead atoms. The molecule has 2 amide bonds. The maximum atomic E-state index is 14.2. The first kappa shape index (κ1) is 21.0. The number of rotatable bonds is 4. The number of nitrogens with zero attached hydrogens (tertiary/aromatic N) is 1. The topological polar surface area (TPSA) is 73.8 Å². The molecule has 0 aliphatic carbocycles. The number of fused-ring (bicyclic) bond motifs is 1. The molecule has 2 heterocycles. The molecule has 160 valence electrons. The van der Waals surface area contributed by atoms with Crippen LogP contribution in [-0.4, -0.2) is 36.4 Å². The number of carbonyl (C=O) groups is 1. The Hall–Kier alpha value is -2.29. The summed E-state index contributed by atoms with van der Waals surface area (Å²) in [6, 6.07) is 5.08. The maximum Gasteiger partial charge on any atom is 0.319 e. The van der Waals surface area contributed by atoms with E-state index in [1.54, 1.807) is 17.0 Å². The lowest BCUT2D eigenvalue weighted by molar-refractivity contribution is -0.0245. The van der Waals surface area contributed by atoms with E-state index < -0.39 is 17.2 Å². The summed E-state index contributed by atoms with van der Waals surface area (Å²) in [4.78, 5) is 13.1. The third-order valence-corrected chi connectivity index (χ3v) is 5.90. The van der Waals surface area contributed by atoms with Crippen molar-refractivity contribution in [3.63, 3.8) is 0 Å². The molecule has 0 aromatic heterocycles. The van der Waals surface area contributed by atoms with E-state index in [4.69, 9.17) is 27.9 Å². The molecule has 2 aromatic rings. The van der Waals surface area contributed by atoms with Crippen molar-refractivity contribution in [3.8, 4) is 5.75 Å². The Morgan fingerprint density at radius 1 is 1.17 bits per heavy atom. The van der Waals surface area contributed by atoms with Crippen LogP contribution in [0.2, 0.25) is 10.0 Å². The second-order valence-electron chi connectivity index (χ2n) is 7.42. The van der Waals surface area contributed by atoms with Crippen LogP contribution < -0.4 is 20.3 Å². The second kappa shape index (κ2) is 8.09. The molecule has 4 rings (SSSR count). The lowest BCUT2D eigenvalue weighted by Crippen LogP contribution is -2.48. The van der Waals surface area contributed by atoms with Crippen LogP contribution in [0, 0.1) is 11.6 Å². The number of ether oxygens (including phenoxy) is 1. The molecule has 1 saturated heterocycles. The van der Waals surface area contributed by atoms with Crippen molar-refractivity contribution in [2.75, 3.05) is 29.9 Å². The van der Waals surface area contributed by atoms with Gasteiger partial charge >= 0.3 is 6.03 Å². The van der Waals surface area contributed by atoms with Crippen LogP contribution in [-0.2, 0) is 6.54 Å². The number of benzene rings is 2. The molecular formula is C20H19Cl2F2N3O3. The van der Waals surface area contributed by atoms with Gasteiger partial charge in [0.1, 0.15) is 23.6 Å². The predicted octanol–water partition coefficient (Wildman–Crippen LogP) is 4.32. The van der Waals surface area contributed by atoms with Gasteiger partial charge in [0.25, 0.3) is 0 Å². The summed E-state index contributed by atoms with van der Waals surface area (Å²) in [5, 5.41) is 16.6. The number of hydrogen-bond donors (Lipinski definition) is 3. The molecule has 10 heteroatoms. The summed E-state index contributed by atoms with van der Waals surface area (Å²) >= 11 is 11.8. The van der Waals surface area contributed by atoms with Crippen molar-refractivity contribution in [3.05, 3.63) is 51.5 Å². The van der Waals surface area contributed by atoms with E-state index in [-0.39, 0.29) is 55.8 Å². The third kappa shape index (κ3) is 4.12. The molecule has 2 aliphatic rings. The van der Waals surface area contributed by atoms with Crippen molar-refractivity contribution in [1.82, 2.24) is 5.32 Å². The zero-order valence-corrected chi connectivity index (χ0v) is 17.3. The molecule has 0 unspecified atom stereocenters. The zero-order valence-electron chi connectivity index (χ0n) is 15.8. The lowest BCUT2D eigenvalue weighted by Gasteiger charge is -2.39. The average molecular weight is 458 g/mol. The van der Waals surface area contributed by atoms with Gasteiger partial charge in [0.15, 0.2) is 11.6 Å². The molecule has 30 heavy (non-hydrogen) atoms. The molecule has 2 aromatic carbocycles. The van der Waals surface area contributed by atoms with Gasteiger partial charge in [-0.15, -0.1) is 0 Å². The first-order valence-corrected chi connectivity index (χ1v) is 10.1. The highest BCUT2D eigenvalue weighted by Gasteiger charge is 2.35. The van der Waals surface area contributed by atoms with Crippen LogP contribution in [0.15, 0.2) is 24.3 Å². The number of amides is 2. The van der Waals surface area contributed by atoms with E-state index >= 15 is 0 Å². The van der Waals surface area contributed by atoms with Crippen LogP contribution in [0.5, 0.6) is 5.75 Å². The quantitative estimate of drug-likeness (QED) is 0.639. The molecular weight excluding hydrogens is 439 g/mol. The minimum Gasteiger partial charge on any atom is -0.490 e. The van der Waals surface area contributed by atoms with E-state index in [2.05, 4.69) is 10.6 Å². The van der Waals surface area contributed by atoms with Gasteiger partial charge in [-0.05, 0) is 37.1 Å². The molecule has 2 aliphatic heterocycles. The van der Waals surface area contributed by atoms with Gasteiger partial charge in [-0.3, -0.25) is 0 Å². The molecule has 0 radical (unpaired) electrons. The normalized spacial score (nSPS) is 17.8. The number of hydrogen-bond acceptors (Lipinski definition) is 4. The third-order valence-electron chi connectivity index (χ3n) is 5.37. The van der Waals surface area contributed by atoms with Crippen LogP contribution in [0.1, 0.15) is 18.4 Å². The molecule has 0 atom stereocenters. The molecule has 3 N–H and O–H groups in total. The monoisotopic (exact) mass is 457 g/mol. The van der Waals surface area contributed by atoms with Gasteiger partial charge in [-0.1, -0.05) is 23.2 Å². The van der Waals surface area contributed by atoms with E-state index in [0.717, 1.165) is 12.1 Å². The van der Waals surface area contributed by atoms with Crippen molar-refractivity contribution < 1.29 is 23.4 Å². The molecule has 1 fully saturated rings. The maximum absolute atomic E-state index is 14.2. The fraction of sp³-hybridized carbons (Fsp3) is 0.350. The highest BCUT2D eigenvalue weighted by atomic mass is 35.5. The number of aliphatic hydroxyl groups is 1. The minimum atomic E-state index is -1.16. The Morgan fingerprint density at radius 2 is 1.83 bits per heavy atom. The van der Waals surface area contributed by atoms with Gasteiger partial charge in [0, 0.05) is 23.7 Å². The number of nitrogens with one attached hydrogen (secondary N) is 2. The predicted molar refractivity (Wildman–Crippen MR) is 111 cm³/mol. The van der Waals surface area contributed by atoms with Crippen molar-refractivity contribution >= 4 is 40.6 Å². The Kier molecular flexibility index (Phi) is 5.65. The van der Waals surface area contributed by atoms with Crippen molar-refractivity contribution in [2.24, 2.45) is 0 Å². The van der Waals surface area contributed by atoms with E-state index in [1.165, 1.54) is 0 Å². The summed E-state index contributed by atoms with van der Waals surface area (Å²) in [5.74, 6) is -0.972. The Bertz CT molecular complexity index is 974. The molecule has 6 nitrogen and oxygen atoms in total. The SMILES string of the molecule is O=C1NCc2c(OCC3(O)CCN(c4c(F)cc(Cl)cc4F)CC3)ccc(Cl)c2N1. The minimum absolute atomic E-state index is 0.00551. The summed E-state index contributed by atoms with van der Waals surface area (Å²) < 4.78 is 34.2. The average Bonchev–Trinajstić information content (AvgIpc) is 2.69. The summed E-state index contributed by atoms with van der Waals surface area (Å²) in [6.45, 7) is 0.754. The highest BCUT2D eigenvalue weighted by molar-refractivity contribution is 6.34. The van der Waals surface area contributed by atoms with Gasteiger partial charge < -0.3 is 25.4 Å². The summed E-state index contributed by atoms with van der Waals surface area (Å²) in [6.07, 6.45) is 0.526. The van der Waals surface area contributed by atoms with Crippen molar-refractivity contribution in [2.45, 2.75) is 25.0 Å². The zero-order chi connectivity index (χ0) is 21.5. The lowest BCUT2D eigenvalue weighted by atomic mass is 9.92. The van der Waals surface area contributed by atoms with Crippen LogP contribution >= 0.6 is 23.2 Å². The first-order chi connectivity index (χ1) is 14.3. The molecule has 0 saturated carbocycles. The highest BCUT2D eigenvalue weighted by Crippen LogP contribution is 2.37. The fourth-order valence-corrected chi connectivity index (χ4v) is 4.13. The van der Waals surface area contributed by atoms with Crippen LogP contribution in [0.3, 0.4) is 0 Å². The Morgan fingerprint density at radius 3 is 2.50 bits per heavy atom. The van der Waals surface area contributed by atoms with Crippen LogP contribution in [0.4, 0.5) is 25.0 Å². The van der Waals surface area contributed by atoms with Gasteiger partial charge in [-0.2, -0.15) is 0 Å². The Balaban J connectivity index is 1.43. The Labute approximate surface area is 181 Å². The smallest absolute Gasteiger partial charge is 0.319 e. The largest absolute Gasteiger partial charge is 0.490 e. The van der Waals surface area contributed by atoms with Gasteiger partial charge in [0.05, 0.1) is 17.3 Å². The van der Waals surface area contributed by atoms with E-state index in [9.17, 15) is 18.7 Å². The number of urea groups is 1.